The van der Waals surface area contributed by atoms with Crippen LogP contribution in [0.15, 0.2) is 64.5 Å². The van der Waals surface area contributed by atoms with Gasteiger partial charge in [0.15, 0.2) is 5.16 Å². The van der Waals surface area contributed by atoms with Gasteiger partial charge in [0.25, 0.3) is 5.56 Å². The van der Waals surface area contributed by atoms with E-state index in [0.717, 1.165) is 51.8 Å². The van der Waals surface area contributed by atoms with Gasteiger partial charge in [-0.25, -0.2) is 4.98 Å². The van der Waals surface area contributed by atoms with Crippen LogP contribution in [0.4, 0.5) is 0 Å². The van der Waals surface area contributed by atoms with Crippen LogP contribution in [0.5, 0.6) is 0 Å². The zero-order valence-corrected chi connectivity index (χ0v) is 19.5. The third-order valence-electron chi connectivity index (χ3n) is 5.79. The molecule has 2 aromatic carbocycles. The highest BCUT2D eigenvalue weighted by atomic mass is 35.5. The molecule has 31 heavy (non-hydrogen) atoms. The average molecular weight is 467 g/mol. The molecule has 5 rings (SSSR count). The van der Waals surface area contributed by atoms with Gasteiger partial charge in [0, 0.05) is 22.2 Å². The highest BCUT2D eigenvalue weighted by Crippen LogP contribution is 2.35. The maximum atomic E-state index is 13.7. The standard InChI is InChI=1S/C25H23ClN2OS2/c26-19-12-10-18(11-13-19)16-30-25-27-23-22(20-8-4-5-9-21(20)31-23)24(29)28(25)15-14-17-6-2-1-3-7-17/h1-3,6-7,10-13H,4-5,8-9,14-16H2. The molecule has 0 unspecified atom stereocenters. The number of rotatable bonds is 6. The Balaban J connectivity index is 1.52. The van der Waals surface area contributed by atoms with Gasteiger partial charge in [0.05, 0.1) is 5.39 Å². The maximum Gasteiger partial charge on any atom is 0.263 e. The van der Waals surface area contributed by atoms with Gasteiger partial charge in [-0.15, -0.1) is 11.3 Å². The number of benzene rings is 2. The summed E-state index contributed by atoms with van der Waals surface area (Å²) < 4.78 is 1.90. The minimum Gasteiger partial charge on any atom is -0.287 e. The Bertz CT molecular complexity index is 1260. The molecular weight excluding hydrogens is 444 g/mol. The fraction of sp³-hybridized carbons (Fsp3) is 0.280. The first-order chi connectivity index (χ1) is 15.2. The summed E-state index contributed by atoms with van der Waals surface area (Å²) in [5.41, 5.74) is 3.78. The van der Waals surface area contributed by atoms with Gasteiger partial charge >= 0.3 is 0 Å². The van der Waals surface area contributed by atoms with E-state index in [1.807, 2.05) is 47.0 Å². The lowest BCUT2D eigenvalue weighted by atomic mass is 9.97. The fourth-order valence-corrected chi connectivity index (χ4v) is 6.55. The van der Waals surface area contributed by atoms with Gasteiger partial charge in [-0.2, -0.15) is 0 Å². The first-order valence-corrected chi connectivity index (χ1v) is 12.8. The van der Waals surface area contributed by atoms with Crippen molar-refractivity contribution in [1.82, 2.24) is 9.55 Å². The van der Waals surface area contributed by atoms with Crippen LogP contribution < -0.4 is 5.56 Å². The normalized spacial score (nSPS) is 13.5. The van der Waals surface area contributed by atoms with E-state index in [9.17, 15) is 4.79 Å². The van der Waals surface area contributed by atoms with Crippen molar-refractivity contribution in [2.24, 2.45) is 0 Å². The number of aromatic nitrogens is 2. The van der Waals surface area contributed by atoms with Gasteiger partial charge in [-0.05, 0) is 60.9 Å². The average Bonchev–Trinajstić information content (AvgIpc) is 3.17. The predicted octanol–water partition coefficient (Wildman–Crippen LogP) is 6.53. The van der Waals surface area contributed by atoms with Crippen LogP contribution in [0.1, 0.15) is 34.4 Å². The summed E-state index contributed by atoms with van der Waals surface area (Å²) in [6, 6.07) is 18.2. The lowest BCUT2D eigenvalue weighted by molar-refractivity contribution is 0.595. The Morgan fingerprint density at radius 1 is 1.00 bits per heavy atom. The molecule has 0 bridgehead atoms. The van der Waals surface area contributed by atoms with Crippen LogP contribution in [0, 0.1) is 0 Å². The van der Waals surface area contributed by atoms with E-state index in [4.69, 9.17) is 16.6 Å². The topological polar surface area (TPSA) is 34.9 Å². The maximum absolute atomic E-state index is 13.7. The molecule has 2 heterocycles. The van der Waals surface area contributed by atoms with Gasteiger partial charge in [-0.3, -0.25) is 9.36 Å². The molecule has 4 aromatic rings. The smallest absolute Gasteiger partial charge is 0.263 e. The second-order valence-electron chi connectivity index (χ2n) is 7.89. The first-order valence-electron chi connectivity index (χ1n) is 10.7. The lowest BCUT2D eigenvalue weighted by Crippen LogP contribution is -2.24. The summed E-state index contributed by atoms with van der Waals surface area (Å²) in [4.78, 5) is 20.9. The molecule has 1 aliphatic carbocycles. The Kier molecular flexibility index (Phi) is 6.17. The molecule has 0 atom stereocenters. The molecule has 0 aliphatic heterocycles. The number of thiophene rings is 1. The lowest BCUT2D eigenvalue weighted by Gasteiger charge is -2.14. The molecule has 1 aliphatic rings. The van der Waals surface area contributed by atoms with Gasteiger partial charge < -0.3 is 0 Å². The summed E-state index contributed by atoms with van der Waals surface area (Å²) >= 11 is 9.38. The molecule has 0 radical (unpaired) electrons. The predicted molar refractivity (Wildman–Crippen MR) is 132 cm³/mol. The number of nitrogens with zero attached hydrogens (tertiary/aromatic N) is 2. The first kappa shape index (κ1) is 20.8. The second kappa shape index (κ2) is 9.19. The largest absolute Gasteiger partial charge is 0.287 e. The molecule has 2 aromatic heterocycles. The van der Waals surface area contributed by atoms with Crippen molar-refractivity contribution in [1.29, 1.82) is 0 Å². The number of hydrogen-bond donors (Lipinski definition) is 0. The van der Waals surface area contributed by atoms with Crippen LogP contribution in [0.2, 0.25) is 5.02 Å². The molecule has 0 spiro atoms. The molecule has 6 heteroatoms. The van der Waals surface area contributed by atoms with Gasteiger partial charge in [-0.1, -0.05) is 65.8 Å². The van der Waals surface area contributed by atoms with E-state index in [0.29, 0.717) is 6.54 Å². The number of thioether (sulfide) groups is 1. The number of aryl methyl sites for hydroxylation is 3. The van der Waals surface area contributed by atoms with Crippen molar-refractivity contribution in [3.8, 4) is 0 Å². The Hall–Kier alpha value is -2.08. The van der Waals surface area contributed by atoms with Crippen LogP contribution in [-0.2, 0) is 31.6 Å². The van der Waals surface area contributed by atoms with Crippen molar-refractivity contribution >= 4 is 44.9 Å². The Labute approximate surface area is 195 Å². The Morgan fingerprint density at radius 3 is 2.58 bits per heavy atom. The molecule has 0 amide bonds. The fourth-order valence-electron chi connectivity index (χ4n) is 4.14. The van der Waals surface area contributed by atoms with E-state index in [1.54, 1.807) is 23.1 Å². The zero-order chi connectivity index (χ0) is 21.2. The van der Waals surface area contributed by atoms with E-state index >= 15 is 0 Å². The molecule has 0 saturated carbocycles. The summed E-state index contributed by atoms with van der Waals surface area (Å²) in [6.45, 7) is 0.638. The molecule has 0 saturated heterocycles. The van der Waals surface area contributed by atoms with Crippen molar-refractivity contribution in [3.63, 3.8) is 0 Å². The number of fused-ring (bicyclic) bond motifs is 3. The van der Waals surface area contributed by atoms with Crippen molar-refractivity contribution < 1.29 is 0 Å². The summed E-state index contributed by atoms with van der Waals surface area (Å²) in [7, 11) is 0. The van der Waals surface area contributed by atoms with Crippen molar-refractivity contribution in [3.05, 3.63) is 91.5 Å². The van der Waals surface area contributed by atoms with Gasteiger partial charge in [0.1, 0.15) is 4.83 Å². The van der Waals surface area contributed by atoms with Gasteiger partial charge in [0.2, 0.25) is 0 Å². The third kappa shape index (κ3) is 4.45. The van der Waals surface area contributed by atoms with Crippen LogP contribution in [0.3, 0.4) is 0 Å². The van der Waals surface area contributed by atoms with Crippen LogP contribution >= 0.6 is 34.7 Å². The summed E-state index contributed by atoms with van der Waals surface area (Å²) in [5, 5.41) is 2.41. The molecule has 158 valence electrons. The van der Waals surface area contributed by atoms with Crippen LogP contribution in [0.25, 0.3) is 10.2 Å². The second-order valence-corrected chi connectivity index (χ2v) is 10.4. The minimum atomic E-state index is 0.124. The monoisotopic (exact) mass is 466 g/mol. The van der Waals surface area contributed by atoms with Crippen molar-refractivity contribution in [2.75, 3.05) is 0 Å². The molecular formula is C25H23ClN2OS2. The van der Waals surface area contributed by atoms with Crippen molar-refractivity contribution in [2.45, 2.75) is 49.6 Å². The SMILES string of the molecule is O=c1c2c3c(sc2nc(SCc2ccc(Cl)cc2)n1CCc1ccccc1)CCCC3. The quantitative estimate of drug-likeness (QED) is 0.239. The molecule has 0 fully saturated rings. The summed E-state index contributed by atoms with van der Waals surface area (Å²) in [6.07, 6.45) is 5.26. The third-order valence-corrected chi connectivity index (χ3v) is 8.27. The van der Waals surface area contributed by atoms with E-state index < -0.39 is 0 Å². The van der Waals surface area contributed by atoms with E-state index in [1.165, 1.54) is 28.0 Å². The minimum absolute atomic E-state index is 0.124. The van der Waals surface area contributed by atoms with E-state index in [-0.39, 0.29) is 5.56 Å². The number of halogens is 1. The number of hydrogen-bond acceptors (Lipinski definition) is 4. The van der Waals surface area contributed by atoms with E-state index in [2.05, 4.69) is 12.1 Å². The zero-order valence-electron chi connectivity index (χ0n) is 17.1. The highest BCUT2D eigenvalue weighted by Gasteiger charge is 2.22. The molecule has 3 nitrogen and oxygen atoms in total. The highest BCUT2D eigenvalue weighted by molar-refractivity contribution is 7.98. The Morgan fingerprint density at radius 2 is 1.77 bits per heavy atom. The van der Waals surface area contributed by atoms with Crippen LogP contribution in [-0.4, -0.2) is 9.55 Å². The summed E-state index contributed by atoms with van der Waals surface area (Å²) in [5.74, 6) is 0.755. The molecule has 0 N–H and O–H groups in total.